The van der Waals surface area contributed by atoms with Crippen LogP contribution in [0.5, 0.6) is 0 Å². The highest BCUT2D eigenvalue weighted by molar-refractivity contribution is 5.85. The molecule has 0 aliphatic carbocycles. The molecule has 0 bridgehead atoms. The smallest absolute Gasteiger partial charge is 0.0757 e. The maximum atomic E-state index is 3.96. The van der Waals surface area contributed by atoms with Gasteiger partial charge in [0, 0.05) is 54.0 Å². The largest absolute Gasteiger partial charge is 0.381 e. The van der Waals surface area contributed by atoms with Gasteiger partial charge < -0.3 is 10.3 Å². The summed E-state index contributed by atoms with van der Waals surface area (Å²) < 4.78 is 0. The fourth-order valence-corrected chi connectivity index (χ4v) is 5.97. The predicted molar refractivity (Wildman–Crippen MR) is 140 cm³/mol. The lowest BCUT2D eigenvalue weighted by Gasteiger charge is -2.36. The van der Waals surface area contributed by atoms with Crippen molar-refractivity contribution in [3.8, 4) is 0 Å². The van der Waals surface area contributed by atoms with Crippen LogP contribution in [-0.4, -0.2) is 53.0 Å². The molecular formula is C29H38N4. The number of aromatic nitrogens is 1. The standard InChI is InChI=1S/C29H38N4/c1-4-6-17-32-18-15-26-25-9-7-8-10-27(25)31-28(26)29(32)22-11-13-23(14-12-22)30-24-19-21(3)33(20-24)16-5-2/h4,7-14,21,24,29-31H,1,5-6,15-20H2,2-3H3/t21-,24-,29+/m0/s1. The lowest BCUT2D eigenvalue weighted by Crippen LogP contribution is -2.36. The monoisotopic (exact) mass is 442 g/mol. The lowest BCUT2D eigenvalue weighted by atomic mass is 9.92. The van der Waals surface area contributed by atoms with E-state index in [1.165, 1.54) is 52.8 Å². The number of hydrogen-bond donors (Lipinski definition) is 2. The van der Waals surface area contributed by atoms with E-state index in [-0.39, 0.29) is 6.04 Å². The second-order valence-electron chi connectivity index (χ2n) is 9.87. The highest BCUT2D eigenvalue weighted by atomic mass is 15.2. The maximum Gasteiger partial charge on any atom is 0.0757 e. The van der Waals surface area contributed by atoms with Gasteiger partial charge in [-0.3, -0.25) is 9.80 Å². The summed E-state index contributed by atoms with van der Waals surface area (Å²) in [7, 11) is 0. The average Bonchev–Trinajstić information content (AvgIpc) is 3.38. The Morgan fingerprint density at radius 3 is 2.70 bits per heavy atom. The van der Waals surface area contributed by atoms with E-state index in [9.17, 15) is 0 Å². The van der Waals surface area contributed by atoms with Gasteiger partial charge in [-0.15, -0.1) is 6.58 Å². The van der Waals surface area contributed by atoms with E-state index in [0.29, 0.717) is 12.1 Å². The molecule has 2 N–H and O–H groups in total. The summed E-state index contributed by atoms with van der Waals surface area (Å²) in [5, 5.41) is 5.18. The third-order valence-electron chi connectivity index (χ3n) is 7.57. The molecule has 0 radical (unpaired) electrons. The van der Waals surface area contributed by atoms with E-state index >= 15 is 0 Å². The number of rotatable bonds is 8. The van der Waals surface area contributed by atoms with Crippen molar-refractivity contribution >= 4 is 16.6 Å². The Morgan fingerprint density at radius 2 is 1.91 bits per heavy atom. The van der Waals surface area contributed by atoms with Gasteiger partial charge in [-0.05, 0) is 68.5 Å². The Morgan fingerprint density at radius 1 is 1.09 bits per heavy atom. The molecule has 4 nitrogen and oxygen atoms in total. The quantitative estimate of drug-likeness (QED) is 0.421. The normalized spacial score (nSPS) is 23.6. The molecule has 1 saturated heterocycles. The van der Waals surface area contributed by atoms with Gasteiger partial charge >= 0.3 is 0 Å². The van der Waals surface area contributed by atoms with Crippen molar-refractivity contribution in [3.05, 3.63) is 78.0 Å². The van der Waals surface area contributed by atoms with Crippen LogP contribution < -0.4 is 5.32 Å². The third kappa shape index (κ3) is 4.47. The molecule has 2 aliphatic rings. The number of nitrogens with one attached hydrogen (secondary N) is 2. The van der Waals surface area contributed by atoms with Crippen molar-refractivity contribution in [3.63, 3.8) is 0 Å². The van der Waals surface area contributed by atoms with E-state index in [1.54, 1.807) is 0 Å². The first-order valence-corrected chi connectivity index (χ1v) is 12.7. The number of fused-ring (bicyclic) bond motifs is 3. The van der Waals surface area contributed by atoms with Gasteiger partial charge in [0.05, 0.1) is 6.04 Å². The first kappa shape index (κ1) is 22.2. The molecule has 2 aromatic carbocycles. The molecule has 4 heteroatoms. The number of para-hydroxylation sites is 1. The van der Waals surface area contributed by atoms with Crippen LogP contribution in [0.15, 0.2) is 61.2 Å². The van der Waals surface area contributed by atoms with Crippen molar-refractivity contribution in [1.29, 1.82) is 0 Å². The van der Waals surface area contributed by atoms with E-state index in [0.717, 1.165) is 32.5 Å². The van der Waals surface area contributed by atoms with Crippen LogP contribution in [-0.2, 0) is 6.42 Å². The summed E-state index contributed by atoms with van der Waals surface area (Å²) in [6, 6.07) is 19.4. The van der Waals surface area contributed by atoms with Gasteiger partial charge in [-0.2, -0.15) is 0 Å². The average molecular weight is 443 g/mol. The van der Waals surface area contributed by atoms with Crippen LogP contribution in [0, 0.1) is 0 Å². The van der Waals surface area contributed by atoms with Gasteiger partial charge in [0.25, 0.3) is 0 Å². The molecule has 0 saturated carbocycles. The topological polar surface area (TPSA) is 34.3 Å². The molecule has 3 atom stereocenters. The van der Waals surface area contributed by atoms with Crippen molar-refractivity contribution in [2.75, 3.05) is 31.5 Å². The number of hydrogen-bond acceptors (Lipinski definition) is 3. The molecular weight excluding hydrogens is 404 g/mol. The SMILES string of the molecule is C=CCCN1CCc2c([nH]c3ccccc23)[C@H]1c1ccc(N[C@H]2C[C@H](C)N(CCC)C2)cc1. The summed E-state index contributed by atoms with van der Waals surface area (Å²) in [6.45, 7) is 13.1. The minimum absolute atomic E-state index is 0.265. The summed E-state index contributed by atoms with van der Waals surface area (Å²) in [5.41, 5.74) is 6.71. The molecule has 3 aromatic rings. The van der Waals surface area contributed by atoms with Gasteiger partial charge in [0.2, 0.25) is 0 Å². The zero-order valence-electron chi connectivity index (χ0n) is 20.2. The Balaban J connectivity index is 1.39. The van der Waals surface area contributed by atoms with Crippen LogP contribution >= 0.6 is 0 Å². The summed E-state index contributed by atoms with van der Waals surface area (Å²) in [6.07, 6.45) is 6.60. The number of H-pyrrole nitrogens is 1. The molecule has 0 spiro atoms. The Hall–Kier alpha value is -2.56. The summed E-state index contributed by atoms with van der Waals surface area (Å²) in [5.74, 6) is 0. The van der Waals surface area contributed by atoms with Crippen molar-refractivity contribution < 1.29 is 0 Å². The molecule has 0 unspecified atom stereocenters. The second kappa shape index (κ2) is 9.74. The first-order valence-electron chi connectivity index (χ1n) is 12.7. The van der Waals surface area contributed by atoms with Gasteiger partial charge in [0.1, 0.15) is 0 Å². The Labute approximate surface area is 198 Å². The zero-order valence-corrected chi connectivity index (χ0v) is 20.2. The molecule has 1 aromatic heterocycles. The van der Waals surface area contributed by atoms with Crippen LogP contribution in [0.25, 0.3) is 10.9 Å². The molecule has 3 heterocycles. The number of benzene rings is 2. The lowest BCUT2D eigenvalue weighted by molar-refractivity contribution is 0.215. The molecule has 174 valence electrons. The Kier molecular flexibility index (Phi) is 6.57. The van der Waals surface area contributed by atoms with Crippen molar-refractivity contribution in [1.82, 2.24) is 14.8 Å². The number of likely N-dealkylation sites (tertiary alicyclic amines) is 1. The van der Waals surface area contributed by atoms with Gasteiger partial charge in [0.15, 0.2) is 0 Å². The molecule has 2 aliphatic heterocycles. The van der Waals surface area contributed by atoms with Crippen molar-refractivity contribution in [2.45, 2.75) is 57.7 Å². The minimum atomic E-state index is 0.265. The summed E-state index contributed by atoms with van der Waals surface area (Å²) >= 11 is 0. The number of anilines is 1. The molecule has 33 heavy (non-hydrogen) atoms. The Bertz CT molecular complexity index is 1080. The fraction of sp³-hybridized carbons (Fsp3) is 0.448. The van der Waals surface area contributed by atoms with Crippen LogP contribution in [0.1, 0.15) is 56.0 Å². The van der Waals surface area contributed by atoms with E-state index < -0.39 is 0 Å². The van der Waals surface area contributed by atoms with Crippen LogP contribution in [0.2, 0.25) is 0 Å². The summed E-state index contributed by atoms with van der Waals surface area (Å²) in [4.78, 5) is 9.01. The first-order chi connectivity index (χ1) is 16.2. The second-order valence-corrected chi connectivity index (χ2v) is 9.87. The zero-order chi connectivity index (χ0) is 22.8. The van der Waals surface area contributed by atoms with Crippen LogP contribution in [0.4, 0.5) is 5.69 Å². The highest BCUT2D eigenvalue weighted by Crippen LogP contribution is 2.38. The molecule has 5 rings (SSSR count). The predicted octanol–water partition coefficient (Wildman–Crippen LogP) is 5.98. The van der Waals surface area contributed by atoms with E-state index in [4.69, 9.17) is 0 Å². The van der Waals surface area contributed by atoms with E-state index in [1.807, 2.05) is 6.08 Å². The maximum absolute atomic E-state index is 3.96. The third-order valence-corrected chi connectivity index (χ3v) is 7.57. The molecule has 1 fully saturated rings. The highest BCUT2D eigenvalue weighted by Gasteiger charge is 2.31. The number of aromatic amines is 1. The fourth-order valence-electron chi connectivity index (χ4n) is 5.97. The van der Waals surface area contributed by atoms with Crippen LogP contribution in [0.3, 0.4) is 0 Å². The molecule has 0 amide bonds. The number of nitrogens with zero attached hydrogens (tertiary/aromatic N) is 2. The van der Waals surface area contributed by atoms with Gasteiger partial charge in [-0.25, -0.2) is 0 Å². The van der Waals surface area contributed by atoms with Crippen molar-refractivity contribution in [2.24, 2.45) is 0 Å². The minimum Gasteiger partial charge on any atom is -0.381 e. The van der Waals surface area contributed by atoms with Gasteiger partial charge in [-0.1, -0.05) is 43.3 Å². The van der Waals surface area contributed by atoms with E-state index in [2.05, 4.69) is 89.1 Å².